The van der Waals surface area contributed by atoms with E-state index in [0.717, 1.165) is 38.8 Å². The standard InChI is InChI=1S/C13H10O.4C2H4O2/c14-13(11-7-3-1-4-8-11)12-9-5-2-6-10-12;4*1-2(3)4/h1-10H;4*1H3,(H,3,4). The Bertz CT molecular complexity index is 664. The van der Waals surface area contributed by atoms with Crippen molar-refractivity contribution in [1.82, 2.24) is 0 Å². The van der Waals surface area contributed by atoms with Crippen molar-refractivity contribution in [3.63, 3.8) is 0 Å². The van der Waals surface area contributed by atoms with E-state index in [2.05, 4.69) is 0 Å². The van der Waals surface area contributed by atoms with Crippen LogP contribution in [0.1, 0.15) is 43.6 Å². The zero-order valence-corrected chi connectivity index (χ0v) is 17.1. The van der Waals surface area contributed by atoms with Crippen molar-refractivity contribution in [3.05, 3.63) is 71.8 Å². The van der Waals surface area contributed by atoms with Crippen molar-refractivity contribution in [2.75, 3.05) is 0 Å². The molecule has 9 nitrogen and oxygen atoms in total. The second-order valence-electron chi connectivity index (χ2n) is 5.14. The molecule has 0 aliphatic carbocycles. The van der Waals surface area contributed by atoms with Gasteiger partial charge in [0, 0.05) is 38.8 Å². The molecule has 0 saturated heterocycles. The predicted octanol–water partition coefficient (Wildman–Crippen LogP) is 3.28. The Morgan fingerprint density at radius 2 is 0.633 bits per heavy atom. The van der Waals surface area contributed by atoms with Gasteiger partial charge in [-0.2, -0.15) is 0 Å². The van der Waals surface area contributed by atoms with Gasteiger partial charge in [-0.3, -0.25) is 24.0 Å². The molecule has 0 saturated carbocycles. The molecule has 0 atom stereocenters. The van der Waals surface area contributed by atoms with E-state index in [1.807, 2.05) is 60.7 Å². The van der Waals surface area contributed by atoms with Gasteiger partial charge in [-0.05, 0) is 0 Å². The predicted molar refractivity (Wildman–Crippen MR) is 110 cm³/mol. The maximum atomic E-state index is 11.8. The van der Waals surface area contributed by atoms with Crippen LogP contribution in [0.4, 0.5) is 0 Å². The third-order valence-electron chi connectivity index (χ3n) is 2.07. The van der Waals surface area contributed by atoms with Gasteiger partial charge >= 0.3 is 0 Å². The maximum absolute atomic E-state index is 11.8. The van der Waals surface area contributed by atoms with Crippen LogP contribution >= 0.6 is 0 Å². The first kappa shape index (κ1) is 30.7. The highest BCUT2D eigenvalue weighted by atomic mass is 16.4. The monoisotopic (exact) mass is 422 g/mol. The molecular weight excluding hydrogens is 396 g/mol. The summed E-state index contributed by atoms with van der Waals surface area (Å²) in [7, 11) is 0. The number of carbonyl (C=O) groups excluding carboxylic acids is 1. The fourth-order valence-corrected chi connectivity index (χ4v) is 1.35. The van der Waals surface area contributed by atoms with Gasteiger partial charge in [0.2, 0.25) is 0 Å². The number of hydrogen-bond acceptors (Lipinski definition) is 5. The highest BCUT2D eigenvalue weighted by molar-refractivity contribution is 6.08. The van der Waals surface area contributed by atoms with Crippen LogP contribution < -0.4 is 0 Å². The third-order valence-corrected chi connectivity index (χ3v) is 2.07. The Hall–Kier alpha value is -4.01. The van der Waals surface area contributed by atoms with Gasteiger partial charge in [0.1, 0.15) is 0 Å². The molecule has 2 aromatic carbocycles. The molecule has 4 N–H and O–H groups in total. The summed E-state index contributed by atoms with van der Waals surface area (Å²) in [4.78, 5) is 47.8. The summed E-state index contributed by atoms with van der Waals surface area (Å²) in [6, 6.07) is 18.6. The average molecular weight is 422 g/mol. The molecule has 0 heterocycles. The van der Waals surface area contributed by atoms with Crippen molar-refractivity contribution in [2.24, 2.45) is 0 Å². The van der Waals surface area contributed by atoms with E-state index < -0.39 is 23.9 Å². The number of ketones is 1. The van der Waals surface area contributed by atoms with Crippen LogP contribution in [0.2, 0.25) is 0 Å². The summed E-state index contributed by atoms with van der Waals surface area (Å²) in [5, 5.41) is 29.7. The Kier molecular flexibility index (Phi) is 20.2. The van der Waals surface area contributed by atoms with E-state index in [0.29, 0.717) is 0 Å². The van der Waals surface area contributed by atoms with Gasteiger partial charge in [0.15, 0.2) is 5.78 Å². The molecule has 9 heteroatoms. The van der Waals surface area contributed by atoms with Crippen molar-refractivity contribution in [2.45, 2.75) is 27.7 Å². The Morgan fingerprint density at radius 3 is 0.800 bits per heavy atom. The van der Waals surface area contributed by atoms with Gasteiger partial charge in [0.05, 0.1) is 0 Å². The van der Waals surface area contributed by atoms with Crippen LogP contribution in [0, 0.1) is 0 Å². The molecule has 0 radical (unpaired) electrons. The number of hydrogen-bond donors (Lipinski definition) is 4. The smallest absolute Gasteiger partial charge is 0.300 e. The van der Waals surface area contributed by atoms with Crippen LogP contribution in [0.3, 0.4) is 0 Å². The minimum Gasteiger partial charge on any atom is -0.481 e. The summed E-state index contributed by atoms with van der Waals surface area (Å²) >= 11 is 0. The first-order valence-corrected chi connectivity index (χ1v) is 8.24. The molecule has 2 rings (SSSR count). The molecule has 30 heavy (non-hydrogen) atoms. The third kappa shape index (κ3) is 31.7. The highest BCUT2D eigenvalue weighted by Crippen LogP contribution is 2.08. The average Bonchev–Trinajstić information content (AvgIpc) is 2.61. The molecule has 0 fully saturated rings. The van der Waals surface area contributed by atoms with E-state index in [1.54, 1.807) is 0 Å². The number of benzene rings is 2. The van der Waals surface area contributed by atoms with E-state index in [4.69, 9.17) is 39.6 Å². The lowest BCUT2D eigenvalue weighted by Crippen LogP contribution is -1.99. The van der Waals surface area contributed by atoms with Gasteiger partial charge < -0.3 is 20.4 Å². The second-order valence-corrected chi connectivity index (χ2v) is 5.14. The topological polar surface area (TPSA) is 166 Å². The van der Waals surface area contributed by atoms with E-state index in [9.17, 15) is 4.79 Å². The second kappa shape index (κ2) is 19.7. The minimum absolute atomic E-state index is 0.0752. The zero-order chi connectivity index (χ0) is 24.1. The fourth-order valence-electron chi connectivity index (χ4n) is 1.35. The quantitative estimate of drug-likeness (QED) is 0.531. The molecule has 0 unspecified atom stereocenters. The Morgan fingerprint density at radius 1 is 0.467 bits per heavy atom. The molecule has 0 aromatic heterocycles. The van der Waals surface area contributed by atoms with Crippen molar-refractivity contribution in [3.8, 4) is 0 Å². The summed E-state index contributed by atoms with van der Waals surface area (Å²) in [6.07, 6.45) is 0. The number of carboxylic acid groups (broad SMARTS) is 4. The lowest BCUT2D eigenvalue weighted by atomic mass is 10.0. The Balaban J connectivity index is -0.000000378. The van der Waals surface area contributed by atoms with Crippen LogP contribution in [-0.2, 0) is 19.2 Å². The number of carboxylic acids is 4. The van der Waals surface area contributed by atoms with Crippen LogP contribution in [-0.4, -0.2) is 50.1 Å². The highest BCUT2D eigenvalue weighted by Gasteiger charge is 2.06. The molecular formula is C21H26O9. The summed E-state index contributed by atoms with van der Waals surface area (Å²) in [5.74, 6) is -3.26. The van der Waals surface area contributed by atoms with Crippen molar-refractivity contribution < 1.29 is 44.4 Å². The lowest BCUT2D eigenvalue weighted by molar-refractivity contribution is -0.135. The minimum atomic E-state index is -0.833. The van der Waals surface area contributed by atoms with Crippen LogP contribution in [0.25, 0.3) is 0 Å². The van der Waals surface area contributed by atoms with Crippen molar-refractivity contribution >= 4 is 29.7 Å². The SMILES string of the molecule is CC(=O)O.CC(=O)O.CC(=O)O.CC(=O)O.O=C(c1ccccc1)c1ccccc1. The molecule has 0 spiro atoms. The number of aliphatic carboxylic acids is 4. The molecule has 0 bridgehead atoms. The molecule has 164 valence electrons. The number of carbonyl (C=O) groups is 5. The van der Waals surface area contributed by atoms with Crippen LogP contribution in [0.15, 0.2) is 60.7 Å². The lowest BCUT2D eigenvalue weighted by Gasteiger charge is -1.99. The van der Waals surface area contributed by atoms with Crippen LogP contribution in [0.5, 0.6) is 0 Å². The molecule has 2 aromatic rings. The Labute approximate surface area is 174 Å². The van der Waals surface area contributed by atoms with E-state index in [1.165, 1.54) is 0 Å². The molecule has 0 aliphatic rings. The van der Waals surface area contributed by atoms with Crippen molar-refractivity contribution in [1.29, 1.82) is 0 Å². The normalized spacial score (nSPS) is 7.87. The fraction of sp³-hybridized carbons (Fsp3) is 0.190. The van der Waals surface area contributed by atoms with Gasteiger partial charge in [-0.1, -0.05) is 60.7 Å². The summed E-state index contributed by atoms with van der Waals surface area (Å²) < 4.78 is 0. The summed E-state index contributed by atoms with van der Waals surface area (Å²) in [5.41, 5.74) is 1.47. The zero-order valence-electron chi connectivity index (χ0n) is 17.1. The summed E-state index contributed by atoms with van der Waals surface area (Å²) in [6.45, 7) is 4.33. The van der Waals surface area contributed by atoms with E-state index in [-0.39, 0.29) is 5.78 Å². The van der Waals surface area contributed by atoms with E-state index >= 15 is 0 Å². The van der Waals surface area contributed by atoms with Gasteiger partial charge in [-0.15, -0.1) is 0 Å². The molecule has 0 aliphatic heterocycles. The largest absolute Gasteiger partial charge is 0.481 e. The van der Waals surface area contributed by atoms with Gasteiger partial charge in [0.25, 0.3) is 23.9 Å². The van der Waals surface area contributed by atoms with Gasteiger partial charge in [-0.25, -0.2) is 0 Å². The molecule has 0 amide bonds. The maximum Gasteiger partial charge on any atom is 0.300 e. The number of rotatable bonds is 2. The first-order valence-electron chi connectivity index (χ1n) is 8.24. The first-order chi connectivity index (χ1) is 13.8.